The smallest absolute Gasteiger partial charge is 0.183 e. The Bertz CT molecular complexity index is 1090. The van der Waals surface area contributed by atoms with E-state index in [1.54, 1.807) is 36.9 Å². The zero-order chi connectivity index (χ0) is 20.2. The van der Waals surface area contributed by atoms with Crippen LogP contribution in [-0.2, 0) is 13.1 Å². The fourth-order valence-electron chi connectivity index (χ4n) is 3.02. The largest absolute Gasteiger partial charge is 0.497 e. The van der Waals surface area contributed by atoms with Gasteiger partial charge < -0.3 is 14.8 Å². The van der Waals surface area contributed by atoms with Gasteiger partial charge in [0.15, 0.2) is 5.13 Å². The van der Waals surface area contributed by atoms with Crippen molar-refractivity contribution in [3.8, 4) is 22.1 Å². The molecule has 0 radical (unpaired) electrons. The molecule has 3 heterocycles. The topological polar surface area (TPSA) is 61.2 Å². The van der Waals surface area contributed by atoms with Crippen LogP contribution in [0.15, 0.2) is 47.3 Å². The third-order valence-electron chi connectivity index (χ3n) is 4.52. The Morgan fingerprint density at radius 3 is 2.79 bits per heavy atom. The Morgan fingerprint density at radius 1 is 1.14 bits per heavy atom. The molecule has 1 aromatic carbocycles. The van der Waals surface area contributed by atoms with E-state index >= 15 is 0 Å². The summed E-state index contributed by atoms with van der Waals surface area (Å²) in [5.74, 6) is 1.56. The number of thiazole rings is 1. The van der Waals surface area contributed by atoms with Crippen molar-refractivity contribution in [3.63, 3.8) is 0 Å². The molecule has 150 valence electrons. The standard InChI is InChI=1S/C21H22N4O2S2/c1-14-20(18-6-8-25(24-18)12-15-7-9-28-13-15)29-21(23-14)22-11-16-4-5-17(26-2)10-19(16)27-3/h4-10,13H,11-12H2,1-3H3,(H,22,23). The molecule has 8 heteroatoms. The van der Waals surface area contributed by atoms with E-state index in [0.29, 0.717) is 6.54 Å². The van der Waals surface area contributed by atoms with E-state index < -0.39 is 0 Å². The van der Waals surface area contributed by atoms with Crippen LogP contribution in [0.1, 0.15) is 16.8 Å². The summed E-state index contributed by atoms with van der Waals surface area (Å²) >= 11 is 3.32. The summed E-state index contributed by atoms with van der Waals surface area (Å²) < 4.78 is 12.7. The number of nitrogens with zero attached hydrogens (tertiary/aromatic N) is 3. The van der Waals surface area contributed by atoms with Gasteiger partial charge in [-0.3, -0.25) is 4.68 Å². The van der Waals surface area contributed by atoms with Crippen molar-refractivity contribution in [3.05, 3.63) is 64.1 Å². The van der Waals surface area contributed by atoms with Gasteiger partial charge in [-0.25, -0.2) is 4.98 Å². The average Bonchev–Trinajstić information content (AvgIpc) is 3.48. The Balaban J connectivity index is 1.47. The predicted molar refractivity (Wildman–Crippen MR) is 118 cm³/mol. The molecule has 0 saturated heterocycles. The number of nitrogens with one attached hydrogen (secondary N) is 1. The average molecular weight is 427 g/mol. The van der Waals surface area contributed by atoms with Crippen LogP contribution < -0.4 is 14.8 Å². The van der Waals surface area contributed by atoms with Crippen LogP contribution in [-0.4, -0.2) is 29.0 Å². The van der Waals surface area contributed by atoms with Crippen LogP contribution in [0.5, 0.6) is 11.5 Å². The van der Waals surface area contributed by atoms with E-state index in [2.05, 4.69) is 27.1 Å². The number of aromatic nitrogens is 3. The fraction of sp³-hybridized carbons (Fsp3) is 0.238. The SMILES string of the molecule is COc1ccc(CNc2nc(C)c(-c3ccn(Cc4ccsc4)n3)s2)c(OC)c1. The van der Waals surface area contributed by atoms with Crippen molar-refractivity contribution >= 4 is 27.8 Å². The molecule has 6 nitrogen and oxygen atoms in total. The van der Waals surface area contributed by atoms with Gasteiger partial charge in [0.1, 0.15) is 17.2 Å². The van der Waals surface area contributed by atoms with Gasteiger partial charge in [-0.15, -0.1) is 0 Å². The first kappa shape index (κ1) is 19.5. The third kappa shape index (κ3) is 4.44. The van der Waals surface area contributed by atoms with Crippen molar-refractivity contribution < 1.29 is 9.47 Å². The number of hydrogen-bond acceptors (Lipinski definition) is 7. The molecule has 0 aliphatic rings. The van der Waals surface area contributed by atoms with E-state index in [1.807, 2.05) is 42.1 Å². The van der Waals surface area contributed by atoms with E-state index in [1.165, 1.54) is 5.56 Å². The normalized spacial score (nSPS) is 10.9. The molecule has 29 heavy (non-hydrogen) atoms. The van der Waals surface area contributed by atoms with Crippen LogP contribution in [0.2, 0.25) is 0 Å². The molecule has 4 rings (SSSR count). The second-order valence-corrected chi connectivity index (χ2v) is 8.27. The van der Waals surface area contributed by atoms with Crippen molar-refractivity contribution in [1.29, 1.82) is 0 Å². The minimum absolute atomic E-state index is 0.617. The van der Waals surface area contributed by atoms with Crippen LogP contribution >= 0.6 is 22.7 Å². The second kappa shape index (κ2) is 8.67. The number of anilines is 1. The summed E-state index contributed by atoms with van der Waals surface area (Å²) in [5.41, 5.74) is 4.23. The summed E-state index contributed by atoms with van der Waals surface area (Å²) in [6.07, 6.45) is 2.02. The Morgan fingerprint density at radius 2 is 2.03 bits per heavy atom. The summed E-state index contributed by atoms with van der Waals surface area (Å²) in [6.45, 7) is 3.42. The van der Waals surface area contributed by atoms with E-state index in [0.717, 1.165) is 45.0 Å². The summed E-state index contributed by atoms with van der Waals surface area (Å²) in [6, 6.07) is 9.98. The maximum atomic E-state index is 5.47. The number of rotatable bonds is 8. The van der Waals surface area contributed by atoms with E-state index in [-0.39, 0.29) is 0 Å². The Kier molecular flexibility index (Phi) is 5.82. The van der Waals surface area contributed by atoms with Crippen molar-refractivity contribution in [2.75, 3.05) is 19.5 Å². The molecule has 0 aliphatic heterocycles. The molecule has 3 aromatic heterocycles. The fourth-order valence-corrected chi connectivity index (χ4v) is 4.61. The zero-order valence-electron chi connectivity index (χ0n) is 16.5. The monoisotopic (exact) mass is 426 g/mol. The minimum Gasteiger partial charge on any atom is -0.497 e. The molecule has 0 aliphatic carbocycles. The van der Waals surface area contributed by atoms with E-state index in [9.17, 15) is 0 Å². The van der Waals surface area contributed by atoms with Crippen LogP contribution in [0, 0.1) is 6.92 Å². The number of benzene rings is 1. The zero-order valence-corrected chi connectivity index (χ0v) is 18.1. The quantitative estimate of drug-likeness (QED) is 0.427. The summed E-state index contributed by atoms with van der Waals surface area (Å²) in [5, 5.41) is 13.2. The summed E-state index contributed by atoms with van der Waals surface area (Å²) in [7, 11) is 3.31. The molecule has 0 bridgehead atoms. The first-order chi connectivity index (χ1) is 14.2. The van der Waals surface area contributed by atoms with Gasteiger partial charge in [0.2, 0.25) is 0 Å². The lowest BCUT2D eigenvalue weighted by atomic mass is 10.2. The van der Waals surface area contributed by atoms with Gasteiger partial charge in [0, 0.05) is 24.4 Å². The van der Waals surface area contributed by atoms with E-state index in [4.69, 9.17) is 14.6 Å². The van der Waals surface area contributed by atoms with Crippen LogP contribution in [0.3, 0.4) is 0 Å². The second-order valence-electron chi connectivity index (χ2n) is 6.50. The number of methoxy groups -OCH3 is 2. The van der Waals surface area contributed by atoms with Gasteiger partial charge >= 0.3 is 0 Å². The van der Waals surface area contributed by atoms with Gasteiger partial charge in [0.05, 0.1) is 31.3 Å². The lowest BCUT2D eigenvalue weighted by molar-refractivity contribution is 0.391. The highest BCUT2D eigenvalue weighted by molar-refractivity contribution is 7.19. The number of aryl methyl sites for hydroxylation is 1. The van der Waals surface area contributed by atoms with Crippen molar-refractivity contribution in [2.24, 2.45) is 0 Å². The maximum Gasteiger partial charge on any atom is 0.183 e. The molecule has 0 unspecified atom stereocenters. The van der Waals surface area contributed by atoms with Crippen LogP contribution in [0.4, 0.5) is 5.13 Å². The van der Waals surface area contributed by atoms with Gasteiger partial charge in [-0.2, -0.15) is 16.4 Å². The molecular weight excluding hydrogens is 404 g/mol. The highest BCUT2D eigenvalue weighted by atomic mass is 32.1. The highest BCUT2D eigenvalue weighted by Gasteiger charge is 2.13. The maximum absolute atomic E-state index is 5.47. The molecule has 0 spiro atoms. The minimum atomic E-state index is 0.617. The van der Waals surface area contributed by atoms with Crippen molar-refractivity contribution in [2.45, 2.75) is 20.0 Å². The molecule has 0 saturated carbocycles. The lowest BCUT2D eigenvalue weighted by Crippen LogP contribution is -2.01. The first-order valence-corrected chi connectivity index (χ1v) is 10.9. The molecular formula is C21H22N4O2S2. The molecule has 0 atom stereocenters. The van der Waals surface area contributed by atoms with Crippen molar-refractivity contribution in [1.82, 2.24) is 14.8 Å². The Labute approximate surface area is 177 Å². The first-order valence-electron chi connectivity index (χ1n) is 9.13. The number of ether oxygens (including phenoxy) is 2. The molecule has 0 amide bonds. The predicted octanol–water partition coefficient (Wildman–Crippen LogP) is 5.05. The number of hydrogen-bond donors (Lipinski definition) is 1. The van der Waals surface area contributed by atoms with Gasteiger partial charge in [-0.05, 0) is 47.5 Å². The molecule has 1 N–H and O–H groups in total. The highest BCUT2D eigenvalue weighted by Crippen LogP contribution is 2.32. The van der Waals surface area contributed by atoms with Crippen LogP contribution in [0.25, 0.3) is 10.6 Å². The number of thiophene rings is 1. The third-order valence-corrected chi connectivity index (χ3v) is 6.39. The molecule has 4 aromatic rings. The lowest BCUT2D eigenvalue weighted by Gasteiger charge is -2.10. The Hall–Kier alpha value is -2.84. The summed E-state index contributed by atoms with van der Waals surface area (Å²) in [4.78, 5) is 5.75. The molecule has 0 fully saturated rings. The van der Waals surface area contributed by atoms with Gasteiger partial charge in [-0.1, -0.05) is 11.3 Å². The van der Waals surface area contributed by atoms with Gasteiger partial charge in [0.25, 0.3) is 0 Å².